The third-order valence-corrected chi connectivity index (χ3v) is 9.35. The summed E-state index contributed by atoms with van der Waals surface area (Å²) >= 11 is 0. The van der Waals surface area contributed by atoms with Gasteiger partial charge in [-0.1, -0.05) is 54.6 Å². The molecule has 154 valence electrons. The number of benzene rings is 3. The van der Waals surface area contributed by atoms with Gasteiger partial charge in [-0.3, -0.25) is 4.79 Å². The predicted octanol–water partition coefficient (Wildman–Crippen LogP) is 3.18. The van der Waals surface area contributed by atoms with Gasteiger partial charge in [0.1, 0.15) is 42.0 Å². The molecule has 0 heterocycles. The lowest BCUT2D eigenvalue weighted by molar-refractivity contribution is -0.138. The summed E-state index contributed by atoms with van der Waals surface area (Å²) in [5.41, 5.74) is 0. The van der Waals surface area contributed by atoms with E-state index in [9.17, 15) is 9.59 Å². The summed E-state index contributed by atoms with van der Waals surface area (Å²) < 4.78 is 5.40. The summed E-state index contributed by atoms with van der Waals surface area (Å²) in [5.74, 6) is -1.10. The lowest BCUT2D eigenvalue weighted by Gasteiger charge is -2.27. The van der Waals surface area contributed by atoms with Gasteiger partial charge >= 0.3 is 12.1 Å². The maximum atomic E-state index is 12.1. The van der Waals surface area contributed by atoms with Crippen molar-refractivity contribution in [3.63, 3.8) is 0 Å². The number of nitrogens with one attached hydrogen (secondary N) is 1. The Bertz CT molecular complexity index is 868. The molecular formula is C24H25NO4P+. The van der Waals surface area contributed by atoms with Crippen molar-refractivity contribution < 1.29 is 19.4 Å². The third kappa shape index (κ3) is 4.87. The van der Waals surface area contributed by atoms with Crippen molar-refractivity contribution >= 4 is 35.2 Å². The van der Waals surface area contributed by atoms with Gasteiger partial charge in [-0.05, 0) is 43.3 Å². The van der Waals surface area contributed by atoms with Gasteiger partial charge in [-0.2, -0.15) is 0 Å². The molecule has 0 saturated carbocycles. The predicted molar refractivity (Wildman–Crippen MR) is 122 cm³/mol. The Morgan fingerprint density at radius 1 is 0.833 bits per heavy atom. The van der Waals surface area contributed by atoms with Gasteiger partial charge < -0.3 is 15.2 Å². The number of alkyl carbamates (subject to hydrolysis) is 1. The highest BCUT2D eigenvalue weighted by Crippen LogP contribution is 2.54. The number of hydrogen-bond donors (Lipinski definition) is 2. The number of carboxylic acid groups (broad SMARTS) is 1. The molecule has 0 radical (unpaired) electrons. The highest BCUT2D eigenvalue weighted by molar-refractivity contribution is 7.95. The molecule has 2 N–H and O–H groups in total. The molecule has 3 rings (SSSR count). The molecule has 0 spiro atoms. The van der Waals surface area contributed by atoms with Gasteiger partial charge in [0.05, 0.1) is 0 Å². The van der Waals surface area contributed by atoms with Crippen LogP contribution in [0, 0.1) is 0 Å². The smallest absolute Gasteiger partial charge is 0.407 e. The molecule has 0 fully saturated rings. The second-order valence-electron chi connectivity index (χ2n) is 6.88. The lowest BCUT2D eigenvalue weighted by Crippen LogP contribution is -2.40. The van der Waals surface area contributed by atoms with E-state index in [2.05, 4.69) is 41.7 Å². The molecule has 3 aromatic rings. The fraction of sp³-hybridized carbons (Fsp3) is 0.167. The SMILES string of the molecule is C[C@H](NC(=O)OCC[P+](c1ccccc1)(c1ccccc1)c1ccccc1)C(=O)O. The summed E-state index contributed by atoms with van der Waals surface area (Å²) in [6.07, 6.45) is -0.114. The maximum absolute atomic E-state index is 12.1. The Morgan fingerprint density at radius 2 is 1.23 bits per heavy atom. The number of rotatable bonds is 8. The molecule has 0 saturated heterocycles. The number of ether oxygens (including phenoxy) is 1. The Morgan fingerprint density at radius 3 is 1.60 bits per heavy atom. The second kappa shape index (κ2) is 10.0. The third-order valence-electron chi connectivity index (χ3n) is 4.96. The van der Waals surface area contributed by atoms with Crippen LogP contribution in [0.3, 0.4) is 0 Å². The van der Waals surface area contributed by atoms with Crippen molar-refractivity contribution in [2.45, 2.75) is 13.0 Å². The highest BCUT2D eigenvalue weighted by Gasteiger charge is 2.45. The molecule has 0 aliphatic rings. The first-order chi connectivity index (χ1) is 14.5. The summed E-state index contributed by atoms with van der Waals surface area (Å²) in [7, 11) is -2.08. The van der Waals surface area contributed by atoms with E-state index < -0.39 is 25.4 Å². The van der Waals surface area contributed by atoms with Crippen LogP contribution in [0.25, 0.3) is 0 Å². The zero-order valence-electron chi connectivity index (χ0n) is 16.8. The molecule has 0 unspecified atom stereocenters. The van der Waals surface area contributed by atoms with E-state index >= 15 is 0 Å². The number of aliphatic carboxylic acids is 1. The van der Waals surface area contributed by atoms with Crippen LogP contribution in [-0.4, -0.2) is 36.0 Å². The monoisotopic (exact) mass is 422 g/mol. The van der Waals surface area contributed by atoms with Crippen LogP contribution < -0.4 is 21.2 Å². The zero-order chi connectivity index (χ0) is 21.4. The van der Waals surface area contributed by atoms with E-state index in [1.54, 1.807) is 0 Å². The average molecular weight is 422 g/mol. The molecule has 6 heteroatoms. The van der Waals surface area contributed by atoms with Crippen molar-refractivity contribution in [1.29, 1.82) is 0 Å². The fourth-order valence-electron chi connectivity index (χ4n) is 3.44. The molecule has 5 nitrogen and oxygen atoms in total. The first-order valence-electron chi connectivity index (χ1n) is 9.75. The molecule has 3 aromatic carbocycles. The van der Waals surface area contributed by atoms with E-state index in [0.29, 0.717) is 6.16 Å². The molecule has 0 bridgehead atoms. The van der Waals surface area contributed by atoms with Gasteiger partial charge in [0.15, 0.2) is 0 Å². The van der Waals surface area contributed by atoms with Crippen molar-refractivity contribution in [1.82, 2.24) is 5.32 Å². The minimum Gasteiger partial charge on any atom is -0.480 e. The normalized spacial score (nSPS) is 12.0. The molecule has 30 heavy (non-hydrogen) atoms. The number of carbonyl (C=O) groups excluding carboxylic acids is 1. The molecule has 1 amide bonds. The lowest BCUT2D eigenvalue weighted by atomic mass is 10.4. The Balaban J connectivity index is 1.95. The maximum Gasteiger partial charge on any atom is 0.407 e. The first kappa shape index (κ1) is 21.5. The minimum atomic E-state index is -2.08. The van der Waals surface area contributed by atoms with Crippen LogP contribution in [0.15, 0.2) is 91.0 Å². The standard InChI is InChI=1S/C24H24NO4P/c1-19(23(26)27)25-24(28)29-17-18-30(20-11-5-2-6-12-20,21-13-7-3-8-14-21)22-15-9-4-10-16-22/h2-16,19H,17-18H2,1H3,(H-,25,26,27,28)/p+1/t19-/m0/s1. The summed E-state index contributed by atoms with van der Waals surface area (Å²) in [4.78, 5) is 23.0. The fourth-order valence-corrected chi connectivity index (χ4v) is 7.51. The van der Waals surface area contributed by atoms with Gasteiger partial charge in [0, 0.05) is 0 Å². The van der Waals surface area contributed by atoms with Crippen LogP contribution in [0.5, 0.6) is 0 Å². The topological polar surface area (TPSA) is 75.6 Å². The number of carboxylic acids is 1. The largest absolute Gasteiger partial charge is 0.480 e. The zero-order valence-corrected chi connectivity index (χ0v) is 17.7. The van der Waals surface area contributed by atoms with Crippen molar-refractivity contribution in [3.8, 4) is 0 Å². The quantitative estimate of drug-likeness (QED) is 0.547. The summed E-state index contributed by atoms with van der Waals surface area (Å²) in [6, 6.07) is 29.9. The second-order valence-corrected chi connectivity index (χ2v) is 10.5. The van der Waals surface area contributed by atoms with Crippen LogP contribution in [0.4, 0.5) is 4.79 Å². The van der Waals surface area contributed by atoms with E-state index in [1.165, 1.54) is 22.8 Å². The van der Waals surface area contributed by atoms with Crippen molar-refractivity contribution in [3.05, 3.63) is 91.0 Å². The Labute approximate surface area is 177 Å². The van der Waals surface area contributed by atoms with Gasteiger partial charge in [-0.25, -0.2) is 4.79 Å². The van der Waals surface area contributed by atoms with E-state index in [-0.39, 0.29) is 6.61 Å². The van der Waals surface area contributed by atoms with Gasteiger partial charge in [0.25, 0.3) is 0 Å². The van der Waals surface area contributed by atoms with E-state index in [1.807, 2.05) is 54.6 Å². The number of hydrogen-bond acceptors (Lipinski definition) is 3. The number of carbonyl (C=O) groups is 2. The van der Waals surface area contributed by atoms with Crippen LogP contribution in [-0.2, 0) is 9.53 Å². The summed E-state index contributed by atoms with van der Waals surface area (Å²) in [5, 5.41) is 14.9. The first-order valence-corrected chi connectivity index (χ1v) is 11.7. The van der Waals surface area contributed by atoms with Crippen molar-refractivity contribution in [2.24, 2.45) is 0 Å². The number of amides is 1. The molecule has 0 aromatic heterocycles. The molecule has 0 aliphatic heterocycles. The highest BCUT2D eigenvalue weighted by atomic mass is 31.2. The molecule has 0 aliphatic carbocycles. The van der Waals surface area contributed by atoms with E-state index in [0.717, 1.165) is 0 Å². The minimum absolute atomic E-state index is 0.171. The van der Waals surface area contributed by atoms with Crippen LogP contribution in [0.2, 0.25) is 0 Å². The Hall–Kier alpha value is -3.17. The molecule has 1 atom stereocenters. The van der Waals surface area contributed by atoms with Gasteiger partial charge in [0.2, 0.25) is 0 Å². The average Bonchev–Trinajstić information content (AvgIpc) is 2.78. The van der Waals surface area contributed by atoms with E-state index in [4.69, 9.17) is 9.84 Å². The van der Waals surface area contributed by atoms with Crippen molar-refractivity contribution in [2.75, 3.05) is 12.8 Å². The summed E-state index contributed by atoms with van der Waals surface area (Å²) in [6.45, 7) is 1.57. The Kier molecular flexibility index (Phi) is 7.21. The van der Waals surface area contributed by atoms with Crippen LogP contribution >= 0.6 is 7.26 Å². The van der Waals surface area contributed by atoms with Gasteiger partial charge in [-0.15, -0.1) is 0 Å². The molecular weight excluding hydrogens is 397 g/mol. The van der Waals surface area contributed by atoms with Crippen LogP contribution in [0.1, 0.15) is 6.92 Å².